The summed E-state index contributed by atoms with van der Waals surface area (Å²) >= 11 is 5.71. The molecule has 0 aliphatic carbocycles. The molecule has 0 aromatic heterocycles. The van der Waals surface area contributed by atoms with E-state index in [-0.39, 0.29) is 5.69 Å². The molecule has 64 valence electrons. The fourth-order valence-electron chi connectivity index (χ4n) is 0.912. The molecule has 0 bridgehead atoms. The van der Waals surface area contributed by atoms with Gasteiger partial charge >= 0.3 is 0 Å². The molecule has 1 aromatic rings. The second-order valence-corrected chi connectivity index (χ2v) is 2.55. The van der Waals surface area contributed by atoms with Crippen LogP contribution >= 0.6 is 11.6 Å². The molecule has 0 radical (unpaired) electrons. The molecule has 0 fully saturated rings. The van der Waals surface area contributed by atoms with E-state index in [4.69, 9.17) is 11.6 Å². The van der Waals surface area contributed by atoms with Crippen LogP contribution in [-0.4, -0.2) is 12.0 Å². The molecule has 0 atom stereocenters. The van der Waals surface area contributed by atoms with Crippen molar-refractivity contribution in [3.63, 3.8) is 0 Å². The van der Waals surface area contributed by atoms with Crippen LogP contribution in [0.1, 0.15) is 0 Å². The summed E-state index contributed by atoms with van der Waals surface area (Å²) in [7, 11) is 1.59. The van der Waals surface area contributed by atoms with Crippen LogP contribution in [0.3, 0.4) is 0 Å². The highest BCUT2D eigenvalue weighted by Crippen LogP contribution is 2.30. The molecule has 4 nitrogen and oxygen atoms in total. The molecule has 0 spiro atoms. The normalized spacial score (nSPS) is 9.50. The zero-order valence-corrected chi connectivity index (χ0v) is 7.13. The van der Waals surface area contributed by atoms with Gasteiger partial charge in [-0.25, -0.2) is 0 Å². The summed E-state index contributed by atoms with van der Waals surface area (Å²) in [6.45, 7) is 0. The van der Waals surface area contributed by atoms with Crippen LogP contribution in [0.5, 0.6) is 0 Å². The largest absolute Gasteiger partial charge is 0.381 e. The molecular weight excluding hydrogens is 180 g/mol. The van der Waals surface area contributed by atoms with Crippen molar-refractivity contribution in [3.8, 4) is 0 Å². The van der Waals surface area contributed by atoms with E-state index in [1.165, 1.54) is 6.07 Å². The van der Waals surface area contributed by atoms with Crippen LogP contribution in [0.4, 0.5) is 11.4 Å². The summed E-state index contributed by atoms with van der Waals surface area (Å²) in [6, 6.07) is 4.54. The van der Waals surface area contributed by atoms with Crippen LogP contribution in [0.15, 0.2) is 18.2 Å². The van der Waals surface area contributed by atoms with Crippen LogP contribution in [0.25, 0.3) is 0 Å². The van der Waals surface area contributed by atoms with Crippen molar-refractivity contribution < 1.29 is 4.92 Å². The van der Waals surface area contributed by atoms with Crippen molar-refractivity contribution in [1.82, 2.24) is 0 Å². The first-order valence-electron chi connectivity index (χ1n) is 3.27. The second kappa shape index (κ2) is 3.40. The quantitative estimate of drug-likeness (QED) is 0.570. The Morgan fingerprint density at radius 2 is 2.25 bits per heavy atom. The molecule has 0 aliphatic rings. The van der Waals surface area contributed by atoms with Gasteiger partial charge < -0.3 is 5.32 Å². The number of benzene rings is 1. The topological polar surface area (TPSA) is 55.2 Å². The first kappa shape index (κ1) is 8.80. The maximum atomic E-state index is 10.4. The summed E-state index contributed by atoms with van der Waals surface area (Å²) in [5.74, 6) is 0. The number of hydrogen-bond acceptors (Lipinski definition) is 3. The molecule has 5 heteroatoms. The predicted molar refractivity (Wildman–Crippen MR) is 47.7 cm³/mol. The predicted octanol–water partition coefficient (Wildman–Crippen LogP) is 2.29. The van der Waals surface area contributed by atoms with E-state index in [1.54, 1.807) is 19.2 Å². The van der Waals surface area contributed by atoms with Crippen molar-refractivity contribution >= 4 is 23.0 Å². The van der Waals surface area contributed by atoms with E-state index in [1.807, 2.05) is 0 Å². The zero-order chi connectivity index (χ0) is 9.14. The van der Waals surface area contributed by atoms with Crippen LogP contribution in [0.2, 0.25) is 5.02 Å². The van der Waals surface area contributed by atoms with E-state index < -0.39 is 4.92 Å². The molecule has 12 heavy (non-hydrogen) atoms. The van der Waals surface area contributed by atoms with Crippen LogP contribution in [-0.2, 0) is 0 Å². The van der Waals surface area contributed by atoms with Gasteiger partial charge in [-0.05, 0) is 6.07 Å². The van der Waals surface area contributed by atoms with Gasteiger partial charge in [0.15, 0.2) is 0 Å². The van der Waals surface area contributed by atoms with Crippen molar-refractivity contribution in [2.45, 2.75) is 0 Å². The monoisotopic (exact) mass is 186 g/mol. The smallest absolute Gasteiger partial charge is 0.293 e. The van der Waals surface area contributed by atoms with Gasteiger partial charge in [-0.15, -0.1) is 0 Å². The molecule has 0 amide bonds. The highest BCUT2D eigenvalue weighted by atomic mass is 35.5. The minimum Gasteiger partial charge on any atom is -0.381 e. The van der Waals surface area contributed by atoms with Gasteiger partial charge in [-0.2, -0.15) is 0 Å². The first-order chi connectivity index (χ1) is 5.66. The molecule has 1 aromatic carbocycles. The molecule has 0 heterocycles. The lowest BCUT2D eigenvalue weighted by molar-refractivity contribution is -0.383. The van der Waals surface area contributed by atoms with Crippen molar-refractivity contribution in [3.05, 3.63) is 33.3 Å². The lowest BCUT2D eigenvalue weighted by Crippen LogP contribution is -1.96. The highest BCUT2D eigenvalue weighted by Gasteiger charge is 2.14. The number of para-hydroxylation sites is 1. The van der Waals surface area contributed by atoms with Gasteiger partial charge in [-0.1, -0.05) is 17.7 Å². The van der Waals surface area contributed by atoms with E-state index in [2.05, 4.69) is 5.32 Å². The van der Waals surface area contributed by atoms with E-state index in [0.29, 0.717) is 10.7 Å². The third kappa shape index (κ3) is 1.48. The van der Waals surface area contributed by atoms with Crippen LogP contribution < -0.4 is 5.32 Å². The standard InChI is InChI=1S/C7H7ClN2O2/c1-9-7-5(8)3-2-4-6(7)10(11)12/h2-4,9H,1H3. The Labute approximate surface area is 74.3 Å². The SMILES string of the molecule is CNc1c(Cl)cccc1[N+](=O)[O-]. The van der Waals surface area contributed by atoms with Gasteiger partial charge in [0.1, 0.15) is 5.69 Å². The third-order valence-corrected chi connectivity index (χ3v) is 1.75. The second-order valence-electron chi connectivity index (χ2n) is 2.14. The summed E-state index contributed by atoms with van der Waals surface area (Å²) in [6.07, 6.45) is 0. The Morgan fingerprint density at radius 1 is 1.58 bits per heavy atom. The molecular formula is C7H7ClN2O2. The molecule has 0 aliphatic heterocycles. The number of hydrogen-bond donors (Lipinski definition) is 1. The fraction of sp³-hybridized carbons (Fsp3) is 0.143. The Hall–Kier alpha value is -1.29. The van der Waals surface area contributed by atoms with Gasteiger partial charge in [0, 0.05) is 13.1 Å². The summed E-state index contributed by atoms with van der Waals surface area (Å²) in [4.78, 5) is 9.97. The van der Waals surface area contributed by atoms with Crippen LogP contribution in [0, 0.1) is 10.1 Å². The van der Waals surface area contributed by atoms with Gasteiger partial charge in [0.25, 0.3) is 5.69 Å². The first-order valence-corrected chi connectivity index (χ1v) is 3.65. The molecule has 1 N–H and O–H groups in total. The van der Waals surface area contributed by atoms with Gasteiger partial charge in [0.05, 0.1) is 9.95 Å². The summed E-state index contributed by atoms with van der Waals surface area (Å²) < 4.78 is 0. The van der Waals surface area contributed by atoms with E-state index in [0.717, 1.165) is 0 Å². The van der Waals surface area contributed by atoms with Crippen molar-refractivity contribution in [2.24, 2.45) is 0 Å². The lowest BCUT2D eigenvalue weighted by atomic mass is 10.3. The van der Waals surface area contributed by atoms with E-state index in [9.17, 15) is 10.1 Å². The fourth-order valence-corrected chi connectivity index (χ4v) is 1.18. The minimum absolute atomic E-state index is 0.00926. The summed E-state index contributed by atoms with van der Waals surface area (Å²) in [5, 5.41) is 13.5. The molecule has 1 rings (SSSR count). The number of anilines is 1. The van der Waals surface area contributed by atoms with E-state index >= 15 is 0 Å². The van der Waals surface area contributed by atoms with Gasteiger partial charge in [-0.3, -0.25) is 10.1 Å². The molecule has 0 saturated carbocycles. The third-order valence-electron chi connectivity index (χ3n) is 1.44. The average molecular weight is 187 g/mol. The number of nitro groups is 1. The van der Waals surface area contributed by atoms with Crippen molar-refractivity contribution in [1.29, 1.82) is 0 Å². The Morgan fingerprint density at radius 3 is 2.67 bits per heavy atom. The molecule has 0 saturated heterocycles. The molecule has 0 unspecified atom stereocenters. The Kier molecular flexibility index (Phi) is 2.50. The Bertz CT molecular complexity index is 314. The highest BCUT2D eigenvalue weighted by molar-refractivity contribution is 6.33. The average Bonchev–Trinajstić information content (AvgIpc) is 2.03. The van der Waals surface area contributed by atoms with Crippen molar-refractivity contribution in [2.75, 3.05) is 12.4 Å². The number of halogens is 1. The minimum atomic E-state index is -0.474. The summed E-state index contributed by atoms with van der Waals surface area (Å²) in [5.41, 5.74) is 0.342. The number of rotatable bonds is 2. The number of nitrogens with one attached hydrogen (secondary N) is 1. The number of nitro benzene ring substituents is 1. The maximum absolute atomic E-state index is 10.4. The van der Waals surface area contributed by atoms with Gasteiger partial charge in [0.2, 0.25) is 0 Å². The Balaban J connectivity index is 3.27. The maximum Gasteiger partial charge on any atom is 0.293 e. The number of nitrogens with zero attached hydrogens (tertiary/aromatic N) is 1. The zero-order valence-electron chi connectivity index (χ0n) is 6.37. The lowest BCUT2D eigenvalue weighted by Gasteiger charge is -2.02.